The molecule has 172 valence electrons. The molecular formula is C20H19F4N3O4S. The maximum absolute atomic E-state index is 14.0. The molecule has 0 saturated carbocycles. The molecule has 12 heteroatoms. The van der Waals surface area contributed by atoms with Crippen molar-refractivity contribution < 1.29 is 35.6 Å². The van der Waals surface area contributed by atoms with Crippen LogP contribution in [0.2, 0.25) is 0 Å². The van der Waals surface area contributed by atoms with Crippen molar-refractivity contribution in [3.05, 3.63) is 71.6 Å². The maximum atomic E-state index is 14.0. The Kier molecular flexibility index (Phi) is 7.75. The van der Waals surface area contributed by atoms with Gasteiger partial charge in [-0.2, -0.15) is 13.2 Å². The lowest BCUT2D eigenvalue weighted by molar-refractivity contribution is -0.123. The first kappa shape index (κ1) is 25.0. The van der Waals surface area contributed by atoms with Crippen molar-refractivity contribution in [2.24, 2.45) is 0 Å². The summed E-state index contributed by atoms with van der Waals surface area (Å²) in [4.78, 5) is 23.8. The number of benzene rings is 2. The van der Waals surface area contributed by atoms with E-state index in [1.165, 1.54) is 24.3 Å². The summed E-state index contributed by atoms with van der Waals surface area (Å²) in [5.74, 6) is -2.89. The fourth-order valence-electron chi connectivity index (χ4n) is 2.47. The molecule has 0 atom stereocenters. The van der Waals surface area contributed by atoms with E-state index in [0.29, 0.717) is 5.56 Å². The summed E-state index contributed by atoms with van der Waals surface area (Å²) in [5.41, 5.74) is 0.254. The Morgan fingerprint density at radius 3 is 2.31 bits per heavy atom. The first-order valence-electron chi connectivity index (χ1n) is 9.01. The van der Waals surface area contributed by atoms with Crippen molar-refractivity contribution in [1.82, 2.24) is 10.0 Å². The Bertz CT molecular complexity index is 1150. The maximum Gasteiger partial charge on any atom is 0.405 e. The van der Waals surface area contributed by atoms with E-state index in [2.05, 4.69) is 16.6 Å². The molecule has 0 bridgehead atoms. The van der Waals surface area contributed by atoms with Crippen molar-refractivity contribution in [2.45, 2.75) is 18.0 Å². The summed E-state index contributed by atoms with van der Waals surface area (Å²) in [5, 5.41) is 4.16. The number of carbonyl (C=O) groups excluding carboxylic acids is 2. The highest BCUT2D eigenvalue weighted by Gasteiger charge is 2.28. The number of rotatable bonds is 8. The number of anilines is 1. The Morgan fingerprint density at radius 2 is 1.69 bits per heavy atom. The van der Waals surface area contributed by atoms with Gasteiger partial charge in [0, 0.05) is 23.4 Å². The molecule has 2 rings (SSSR count). The van der Waals surface area contributed by atoms with Crippen LogP contribution in [0.25, 0.3) is 0 Å². The van der Waals surface area contributed by atoms with Gasteiger partial charge in [-0.25, -0.2) is 17.5 Å². The van der Waals surface area contributed by atoms with Gasteiger partial charge in [-0.15, -0.1) is 6.58 Å². The molecule has 0 aliphatic heterocycles. The number of halogens is 4. The predicted octanol–water partition coefficient (Wildman–Crippen LogP) is 3.14. The number of amides is 2. The molecule has 32 heavy (non-hydrogen) atoms. The van der Waals surface area contributed by atoms with E-state index in [1.807, 2.05) is 0 Å². The number of nitrogens with one attached hydrogen (secondary N) is 3. The lowest BCUT2D eigenvalue weighted by atomic mass is 10.1. The number of hydrogen-bond donors (Lipinski definition) is 3. The molecular weight excluding hydrogens is 454 g/mol. The fraction of sp³-hybridized carbons (Fsp3) is 0.200. The third kappa shape index (κ3) is 6.62. The molecule has 0 aliphatic carbocycles. The van der Waals surface area contributed by atoms with E-state index in [-0.39, 0.29) is 23.4 Å². The van der Waals surface area contributed by atoms with Crippen LogP contribution in [0.4, 0.5) is 23.2 Å². The Morgan fingerprint density at radius 1 is 1.06 bits per heavy atom. The summed E-state index contributed by atoms with van der Waals surface area (Å²) < 4.78 is 77.4. The Labute approximate surface area is 181 Å². The van der Waals surface area contributed by atoms with Gasteiger partial charge in [0.2, 0.25) is 10.0 Å². The van der Waals surface area contributed by atoms with Gasteiger partial charge in [0.25, 0.3) is 11.8 Å². The van der Waals surface area contributed by atoms with E-state index < -0.39 is 45.3 Å². The molecule has 0 aromatic heterocycles. The van der Waals surface area contributed by atoms with E-state index in [4.69, 9.17) is 0 Å². The standard InChI is InChI=1S/C20H19F4N3O4S/c1-3-8-26-32(30,31)17-10-14(6-7-15(17)21)19(29)27-16-9-13(5-4-12(16)2)18(28)25-11-20(22,23)24/h3-7,9-10,26H,1,8,11H2,2H3,(H,25,28)(H,27,29). The summed E-state index contributed by atoms with van der Waals surface area (Å²) in [6.45, 7) is 3.26. The second-order valence-corrected chi connectivity index (χ2v) is 8.30. The lowest BCUT2D eigenvalue weighted by Gasteiger charge is -2.13. The number of carbonyl (C=O) groups is 2. The smallest absolute Gasteiger partial charge is 0.343 e. The molecule has 3 N–H and O–H groups in total. The van der Waals surface area contributed by atoms with Crippen molar-refractivity contribution in [1.29, 1.82) is 0 Å². The van der Waals surface area contributed by atoms with Gasteiger partial charge >= 0.3 is 6.18 Å². The van der Waals surface area contributed by atoms with Crippen LogP contribution in [0.15, 0.2) is 53.9 Å². The van der Waals surface area contributed by atoms with Crippen molar-refractivity contribution in [2.75, 3.05) is 18.4 Å². The van der Waals surface area contributed by atoms with Crippen molar-refractivity contribution in [3.63, 3.8) is 0 Å². The highest BCUT2D eigenvalue weighted by Crippen LogP contribution is 2.21. The second-order valence-electron chi connectivity index (χ2n) is 6.57. The predicted molar refractivity (Wildman–Crippen MR) is 109 cm³/mol. The SMILES string of the molecule is C=CCNS(=O)(=O)c1cc(C(=O)Nc2cc(C(=O)NCC(F)(F)F)ccc2C)ccc1F. The molecule has 0 saturated heterocycles. The van der Waals surface area contributed by atoms with E-state index in [1.54, 1.807) is 12.2 Å². The summed E-state index contributed by atoms with van der Waals surface area (Å²) in [6.07, 6.45) is -3.33. The quantitative estimate of drug-likeness (QED) is 0.405. The lowest BCUT2D eigenvalue weighted by Crippen LogP contribution is -2.33. The number of aryl methyl sites for hydroxylation is 1. The highest BCUT2D eigenvalue weighted by molar-refractivity contribution is 7.89. The van der Waals surface area contributed by atoms with Gasteiger partial charge in [-0.05, 0) is 42.8 Å². The molecule has 0 unspecified atom stereocenters. The van der Waals surface area contributed by atoms with Gasteiger partial charge in [-0.3, -0.25) is 9.59 Å². The molecule has 2 aromatic rings. The number of hydrogen-bond acceptors (Lipinski definition) is 4. The molecule has 2 aromatic carbocycles. The van der Waals surface area contributed by atoms with E-state index in [9.17, 15) is 35.6 Å². The first-order valence-corrected chi connectivity index (χ1v) is 10.5. The van der Waals surface area contributed by atoms with Crippen LogP contribution < -0.4 is 15.4 Å². The Balaban J connectivity index is 2.27. The minimum absolute atomic E-state index is 0.105. The monoisotopic (exact) mass is 473 g/mol. The topological polar surface area (TPSA) is 104 Å². The molecule has 0 fully saturated rings. The minimum Gasteiger partial charge on any atom is -0.343 e. The van der Waals surface area contributed by atoms with Gasteiger partial charge in [-0.1, -0.05) is 12.1 Å². The molecule has 0 radical (unpaired) electrons. The van der Waals surface area contributed by atoms with Crippen LogP contribution in [0.5, 0.6) is 0 Å². The van der Waals surface area contributed by atoms with Gasteiger partial charge in [0.1, 0.15) is 17.3 Å². The van der Waals surface area contributed by atoms with E-state index in [0.717, 1.165) is 18.2 Å². The largest absolute Gasteiger partial charge is 0.405 e. The van der Waals surface area contributed by atoms with Crippen LogP contribution in [0.3, 0.4) is 0 Å². The van der Waals surface area contributed by atoms with Crippen LogP contribution in [0, 0.1) is 12.7 Å². The fourth-order valence-corrected chi connectivity index (χ4v) is 3.57. The average Bonchev–Trinajstić information content (AvgIpc) is 2.71. The van der Waals surface area contributed by atoms with Gasteiger partial charge < -0.3 is 10.6 Å². The van der Waals surface area contributed by atoms with E-state index >= 15 is 0 Å². The molecule has 2 amide bonds. The zero-order valence-corrected chi connectivity index (χ0v) is 17.5. The normalized spacial score (nSPS) is 11.7. The number of sulfonamides is 1. The molecule has 0 heterocycles. The minimum atomic E-state index is -4.58. The van der Waals surface area contributed by atoms with Crippen LogP contribution in [0.1, 0.15) is 26.3 Å². The molecule has 0 aliphatic rings. The van der Waals surface area contributed by atoms with Gasteiger partial charge in [0.05, 0.1) is 0 Å². The van der Waals surface area contributed by atoms with Crippen LogP contribution in [-0.2, 0) is 10.0 Å². The second kappa shape index (κ2) is 9.92. The van der Waals surface area contributed by atoms with Crippen molar-refractivity contribution in [3.8, 4) is 0 Å². The molecule has 0 spiro atoms. The van der Waals surface area contributed by atoms with Crippen LogP contribution in [-0.4, -0.2) is 39.5 Å². The highest BCUT2D eigenvalue weighted by atomic mass is 32.2. The Hall–Kier alpha value is -3.25. The zero-order valence-electron chi connectivity index (χ0n) is 16.7. The van der Waals surface area contributed by atoms with Crippen molar-refractivity contribution >= 4 is 27.5 Å². The third-order valence-electron chi connectivity index (χ3n) is 4.10. The summed E-state index contributed by atoms with van der Waals surface area (Å²) in [7, 11) is -4.25. The molecule has 7 nitrogen and oxygen atoms in total. The summed E-state index contributed by atoms with van der Waals surface area (Å²) >= 11 is 0. The zero-order chi connectivity index (χ0) is 24.1. The number of alkyl halides is 3. The van der Waals surface area contributed by atoms with Gasteiger partial charge in [0.15, 0.2) is 0 Å². The average molecular weight is 473 g/mol. The third-order valence-corrected chi connectivity index (χ3v) is 5.54. The first-order chi connectivity index (χ1) is 14.8. The van der Waals surface area contributed by atoms with Crippen LogP contribution >= 0.6 is 0 Å². The summed E-state index contributed by atoms with van der Waals surface area (Å²) in [6, 6.07) is 6.58.